The topological polar surface area (TPSA) is 23.5 Å². The van der Waals surface area contributed by atoms with Crippen molar-refractivity contribution in [1.29, 1.82) is 0 Å². The third kappa shape index (κ3) is 2.96. The first-order valence-electron chi connectivity index (χ1n) is 5.80. The molecule has 2 atom stereocenters. The van der Waals surface area contributed by atoms with E-state index in [1.54, 1.807) is 0 Å². The van der Waals surface area contributed by atoms with Crippen molar-refractivity contribution in [3.63, 3.8) is 0 Å². The van der Waals surface area contributed by atoms with E-state index < -0.39 is 0 Å². The van der Waals surface area contributed by atoms with E-state index in [0.717, 1.165) is 19.0 Å². The van der Waals surface area contributed by atoms with E-state index in [-0.39, 0.29) is 6.61 Å². The van der Waals surface area contributed by atoms with Gasteiger partial charge < -0.3 is 5.11 Å². The lowest BCUT2D eigenvalue weighted by atomic mass is 9.76. The van der Waals surface area contributed by atoms with Crippen LogP contribution in [0.1, 0.15) is 40.5 Å². The van der Waals surface area contributed by atoms with Gasteiger partial charge in [0.25, 0.3) is 0 Å². The molecule has 1 aliphatic heterocycles. The Morgan fingerprint density at radius 3 is 2.57 bits per heavy atom. The number of piperidine rings is 1. The molecule has 0 aliphatic carbocycles. The smallest absolute Gasteiger partial charge is 0.0584 e. The second kappa shape index (κ2) is 4.63. The third-order valence-corrected chi connectivity index (χ3v) is 3.57. The highest BCUT2D eigenvalue weighted by atomic mass is 16.3. The molecule has 0 radical (unpaired) electrons. The summed E-state index contributed by atoms with van der Waals surface area (Å²) in [6.07, 6.45) is 2.63. The molecule has 0 amide bonds. The molecule has 0 aromatic heterocycles. The van der Waals surface area contributed by atoms with Crippen LogP contribution in [0.3, 0.4) is 0 Å². The van der Waals surface area contributed by atoms with E-state index in [9.17, 15) is 0 Å². The molecule has 1 rings (SSSR count). The van der Waals surface area contributed by atoms with Crippen LogP contribution in [0.25, 0.3) is 0 Å². The van der Waals surface area contributed by atoms with E-state index in [2.05, 4.69) is 32.6 Å². The summed E-state index contributed by atoms with van der Waals surface area (Å²) in [4.78, 5) is 2.43. The molecule has 0 aromatic rings. The van der Waals surface area contributed by atoms with Gasteiger partial charge in [-0.05, 0) is 37.6 Å². The van der Waals surface area contributed by atoms with Gasteiger partial charge in [-0.3, -0.25) is 4.90 Å². The van der Waals surface area contributed by atoms with Crippen LogP contribution in [0, 0.1) is 11.3 Å². The molecule has 1 saturated heterocycles. The predicted octanol–water partition coefficient (Wildman–Crippen LogP) is 2.13. The molecule has 1 heterocycles. The Labute approximate surface area is 88.3 Å². The van der Waals surface area contributed by atoms with Crippen LogP contribution in [-0.2, 0) is 0 Å². The molecule has 84 valence electrons. The summed E-state index contributed by atoms with van der Waals surface area (Å²) in [6.45, 7) is 11.7. The van der Waals surface area contributed by atoms with Gasteiger partial charge in [-0.15, -0.1) is 0 Å². The number of aliphatic hydroxyl groups is 1. The monoisotopic (exact) mass is 199 g/mol. The molecule has 0 saturated carbocycles. The molecule has 0 bridgehead atoms. The van der Waals surface area contributed by atoms with Crippen LogP contribution < -0.4 is 0 Å². The molecule has 2 heteroatoms. The number of rotatable bonds is 2. The summed E-state index contributed by atoms with van der Waals surface area (Å²) < 4.78 is 0. The summed E-state index contributed by atoms with van der Waals surface area (Å²) in [5, 5.41) is 9.13. The Balaban J connectivity index is 2.52. The van der Waals surface area contributed by atoms with Crippen molar-refractivity contribution in [1.82, 2.24) is 4.90 Å². The minimum absolute atomic E-state index is 0.289. The molecule has 0 aromatic carbocycles. The average Bonchev–Trinajstić information content (AvgIpc) is 2.15. The van der Waals surface area contributed by atoms with Gasteiger partial charge in [0.2, 0.25) is 0 Å². The average molecular weight is 199 g/mol. The van der Waals surface area contributed by atoms with Crippen LogP contribution in [0.4, 0.5) is 0 Å². The lowest BCUT2D eigenvalue weighted by Gasteiger charge is -2.41. The highest BCUT2D eigenvalue weighted by Crippen LogP contribution is 2.33. The summed E-state index contributed by atoms with van der Waals surface area (Å²) in [5.41, 5.74) is 0.411. The first-order valence-corrected chi connectivity index (χ1v) is 5.80. The van der Waals surface area contributed by atoms with Gasteiger partial charge in [-0.1, -0.05) is 20.8 Å². The van der Waals surface area contributed by atoms with Crippen LogP contribution >= 0.6 is 0 Å². The van der Waals surface area contributed by atoms with Gasteiger partial charge in [-0.2, -0.15) is 0 Å². The second-order valence-electron chi connectivity index (χ2n) is 5.73. The molecular formula is C12H25NO. The lowest BCUT2D eigenvalue weighted by Crippen LogP contribution is -2.46. The van der Waals surface area contributed by atoms with Crippen molar-refractivity contribution >= 4 is 0 Å². The highest BCUT2D eigenvalue weighted by molar-refractivity contribution is 4.83. The van der Waals surface area contributed by atoms with E-state index >= 15 is 0 Å². The quantitative estimate of drug-likeness (QED) is 0.736. The predicted molar refractivity (Wildman–Crippen MR) is 60.3 cm³/mol. The SMILES string of the molecule is C[C@H](CO)N1CCC[C@@H](C(C)(C)C)C1. The molecule has 0 spiro atoms. The van der Waals surface area contributed by atoms with Gasteiger partial charge in [-0.25, -0.2) is 0 Å². The summed E-state index contributed by atoms with van der Waals surface area (Å²) in [7, 11) is 0. The Hall–Kier alpha value is -0.0800. The van der Waals surface area contributed by atoms with Crippen molar-refractivity contribution in [2.24, 2.45) is 11.3 Å². The van der Waals surface area contributed by atoms with Crippen LogP contribution in [-0.4, -0.2) is 35.7 Å². The maximum Gasteiger partial charge on any atom is 0.0584 e. The second-order valence-corrected chi connectivity index (χ2v) is 5.73. The lowest BCUT2D eigenvalue weighted by molar-refractivity contribution is 0.0511. The molecular weight excluding hydrogens is 174 g/mol. The minimum Gasteiger partial charge on any atom is -0.395 e. The fourth-order valence-electron chi connectivity index (χ4n) is 2.23. The van der Waals surface area contributed by atoms with Crippen molar-refractivity contribution in [3.8, 4) is 0 Å². The van der Waals surface area contributed by atoms with E-state index in [1.165, 1.54) is 12.8 Å². The zero-order valence-corrected chi connectivity index (χ0v) is 10.1. The van der Waals surface area contributed by atoms with Gasteiger partial charge in [0.15, 0.2) is 0 Å². The number of hydrogen-bond donors (Lipinski definition) is 1. The van der Waals surface area contributed by atoms with Gasteiger partial charge >= 0.3 is 0 Å². The molecule has 1 aliphatic rings. The van der Waals surface area contributed by atoms with Crippen LogP contribution in [0.15, 0.2) is 0 Å². The minimum atomic E-state index is 0.289. The zero-order valence-electron chi connectivity index (χ0n) is 10.1. The molecule has 14 heavy (non-hydrogen) atoms. The normalized spacial score (nSPS) is 27.6. The van der Waals surface area contributed by atoms with Crippen LogP contribution in [0.2, 0.25) is 0 Å². The van der Waals surface area contributed by atoms with Crippen molar-refractivity contribution in [2.75, 3.05) is 19.7 Å². The fourth-order valence-corrected chi connectivity index (χ4v) is 2.23. The van der Waals surface area contributed by atoms with E-state index in [0.29, 0.717) is 11.5 Å². The van der Waals surface area contributed by atoms with Crippen molar-refractivity contribution in [3.05, 3.63) is 0 Å². The van der Waals surface area contributed by atoms with Crippen molar-refractivity contribution in [2.45, 2.75) is 46.6 Å². The highest BCUT2D eigenvalue weighted by Gasteiger charge is 2.30. The van der Waals surface area contributed by atoms with Crippen molar-refractivity contribution < 1.29 is 5.11 Å². The standard InChI is InChI=1S/C12H25NO/c1-10(9-14)13-7-5-6-11(8-13)12(2,3)4/h10-11,14H,5-9H2,1-4H3/t10-,11-/m1/s1. The third-order valence-electron chi connectivity index (χ3n) is 3.57. The molecule has 2 nitrogen and oxygen atoms in total. The van der Waals surface area contributed by atoms with Gasteiger partial charge in [0.05, 0.1) is 6.61 Å². The van der Waals surface area contributed by atoms with E-state index in [4.69, 9.17) is 5.11 Å². The number of nitrogens with zero attached hydrogens (tertiary/aromatic N) is 1. The maximum absolute atomic E-state index is 9.13. The molecule has 0 unspecified atom stereocenters. The Morgan fingerprint density at radius 1 is 1.43 bits per heavy atom. The maximum atomic E-state index is 9.13. The zero-order chi connectivity index (χ0) is 10.8. The summed E-state index contributed by atoms with van der Waals surface area (Å²) in [5.74, 6) is 0.783. The number of aliphatic hydroxyl groups excluding tert-OH is 1. The summed E-state index contributed by atoms with van der Waals surface area (Å²) in [6, 6.07) is 0.333. The van der Waals surface area contributed by atoms with Crippen LogP contribution in [0.5, 0.6) is 0 Å². The van der Waals surface area contributed by atoms with Gasteiger partial charge in [0, 0.05) is 12.6 Å². The summed E-state index contributed by atoms with van der Waals surface area (Å²) >= 11 is 0. The number of likely N-dealkylation sites (tertiary alicyclic amines) is 1. The first kappa shape index (κ1) is 12.0. The Morgan fingerprint density at radius 2 is 2.07 bits per heavy atom. The number of hydrogen-bond acceptors (Lipinski definition) is 2. The first-order chi connectivity index (χ1) is 6.45. The fraction of sp³-hybridized carbons (Fsp3) is 1.00. The largest absolute Gasteiger partial charge is 0.395 e. The Bertz CT molecular complexity index is 174. The molecule has 1 N–H and O–H groups in total. The van der Waals surface area contributed by atoms with Gasteiger partial charge in [0.1, 0.15) is 0 Å². The molecule has 1 fully saturated rings. The Kier molecular flexibility index (Phi) is 3.96. The van der Waals surface area contributed by atoms with E-state index in [1.807, 2.05) is 0 Å².